The summed E-state index contributed by atoms with van der Waals surface area (Å²) in [6, 6.07) is 3.83. The van der Waals surface area contributed by atoms with Gasteiger partial charge in [0.05, 0.1) is 0 Å². The Morgan fingerprint density at radius 1 is 1.39 bits per heavy atom. The third-order valence-corrected chi connectivity index (χ3v) is 3.53. The molecule has 0 aromatic carbocycles. The van der Waals surface area contributed by atoms with Gasteiger partial charge in [-0.05, 0) is 19.1 Å². The average molecular weight is 250 g/mol. The molecule has 0 bridgehead atoms. The van der Waals surface area contributed by atoms with E-state index < -0.39 is 0 Å². The van der Waals surface area contributed by atoms with E-state index in [2.05, 4.69) is 15.5 Å². The van der Waals surface area contributed by atoms with Crippen LogP contribution in [-0.4, -0.2) is 54.6 Å². The monoisotopic (exact) mass is 250 g/mol. The fourth-order valence-electron chi connectivity index (χ4n) is 2.19. The lowest BCUT2D eigenvalue weighted by molar-refractivity contribution is 0.0939. The SMILES string of the molecule is Cc1ccc(C(=O)NCCN2CCNCC2)n1C. The Kier molecular flexibility index (Phi) is 4.38. The topological polar surface area (TPSA) is 49.3 Å². The Balaban J connectivity index is 1.76. The van der Waals surface area contributed by atoms with E-state index in [0.29, 0.717) is 6.54 Å². The predicted molar refractivity (Wildman–Crippen MR) is 71.8 cm³/mol. The molecule has 1 aromatic heterocycles. The molecule has 100 valence electrons. The number of nitrogens with zero attached hydrogens (tertiary/aromatic N) is 2. The van der Waals surface area contributed by atoms with E-state index in [1.807, 2.05) is 30.7 Å². The quantitative estimate of drug-likeness (QED) is 0.789. The van der Waals surface area contributed by atoms with Gasteiger partial charge in [-0.2, -0.15) is 0 Å². The highest BCUT2D eigenvalue weighted by Gasteiger charge is 2.12. The number of carbonyl (C=O) groups excluding carboxylic acids is 1. The van der Waals surface area contributed by atoms with Crippen LogP contribution >= 0.6 is 0 Å². The van der Waals surface area contributed by atoms with Gasteiger partial charge in [-0.15, -0.1) is 0 Å². The fourth-order valence-corrected chi connectivity index (χ4v) is 2.19. The van der Waals surface area contributed by atoms with Crippen LogP contribution in [0.1, 0.15) is 16.2 Å². The largest absolute Gasteiger partial charge is 0.349 e. The van der Waals surface area contributed by atoms with Crippen molar-refractivity contribution in [1.29, 1.82) is 0 Å². The third-order valence-electron chi connectivity index (χ3n) is 3.53. The highest BCUT2D eigenvalue weighted by atomic mass is 16.1. The first-order chi connectivity index (χ1) is 8.68. The summed E-state index contributed by atoms with van der Waals surface area (Å²) in [7, 11) is 1.92. The molecule has 0 saturated carbocycles. The van der Waals surface area contributed by atoms with E-state index >= 15 is 0 Å². The van der Waals surface area contributed by atoms with E-state index in [0.717, 1.165) is 44.1 Å². The second-order valence-corrected chi connectivity index (χ2v) is 4.77. The molecular weight excluding hydrogens is 228 g/mol. The Morgan fingerprint density at radius 2 is 2.11 bits per heavy atom. The zero-order chi connectivity index (χ0) is 13.0. The number of nitrogens with one attached hydrogen (secondary N) is 2. The van der Waals surface area contributed by atoms with Crippen LogP contribution in [0.5, 0.6) is 0 Å². The molecule has 0 radical (unpaired) electrons. The lowest BCUT2D eigenvalue weighted by Gasteiger charge is -2.27. The highest BCUT2D eigenvalue weighted by molar-refractivity contribution is 5.92. The summed E-state index contributed by atoms with van der Waals surface area (Å²) >= 11 is 0. The minimum absolute atomic E-state index is 0.0146. The number of amides is 1. The molecule has 1 aromatic rings. The summed E-state index contributed by atoms with van der Waals surface area (Å²) in [5, 5.41) is 6.30. The Bertz CT molecular complexity index is 407. The Hall–Kier alpha value is -1.33. The zero-order valence-electron chi connectivity index (χ0n) is 11.2. The third kappa shape index (κ3) is 3.11. The van der Waals surface area contributed by atoms with Crippen LogP contribution in [0.25, 0.3) is 0 Å². The maximum absolute atomic E-state index is 12.0. The zero-order valence-corrected chi connectivity index (χ0v) is 11.2. The number of aryl methyl sites for hydroxylation is 1. The van der Waals surface area contributed by atoms with Gasteiger partial charge in [-0.25, -0.2) is 0 Å². The maximum Gasteiger partial charge on any atom is 0.267 e. The average Bonchev–Trinajstić information content (AvgIpc) is 2.71. The molecular formula is C13H22N4O. The summed E-state index contributed by atoms with van der Waals surface area (Å²) in [5.74, 6) is 0.0146. The Morgan fingerprint density at radius 3 is 2.72 bits per heavy atom. The number of piperazine rings is 1. The molecule has 1 aliphatic heterocycles. The van der Waals surface area contributed by atoms with Crippen molar-refractivity contribution in [1.82, 2.24) is 20.1 Å². The van der Waals surface area contributed by atoms with Crippen molar-refractivity contribution in [2.75, 3.05) is 39.3 Å². The van der Waals surface area contributed by atoms with Crippen molar-refractivity contribution in [3.05, 3.63) is 23.5 Å². The number of carbonyl (C=O) groups is 1. The van der Waals surface area contributed by atoms with Crippen LogP contribution in [0.15, 0.2) is 12.1 Å². The van der Waals surface area contributed by atoms with Gasteiger partial charge < -0.3 is 15.2 Å². The van der Waals surface area contributed by atoms with E-state index in [4.69, 9.17) is 0 Å². The van der Waals surface area contributed by atoms with Gasteiger partial charge >= 0.3 is 0 Å². The summed E-state index contributed by atoms with van der Waals surface area (Å²) < 4.78 is 1.92. The highest BCUT2D eigenvalue weighted by Crippen LogP contribution is 2.05. The van der Waals surface area contributed by atoms with Crippen LogP contribution in [0.4, 0.5) is 0 Å². The molecule has 1 aliphatic rings. The van der Waals surface area contributed by atoms with Gasteiger partial charge in [0.25, 0.3) is 5.91 Å². The van der Waals surface area contributed by atoms with Gasteiger partial charge in [-0.3, -0.25) is 9.69 Å². The van der Waals surface area contributed by atoms with Crippen LogP contribution < -0.4 is 10.6 Å². The van der Waals surface area contributed by atoms with E-state index in [-0.39, 0.29) is 5.91 Å². The molecule has 2 heterocycles. The first-order valence-electron chi connectivity index (χ1n) is 6.52. The number of rotatable bonds is 4. The van der Waals surface area contributed by atoms with Crippen molar-refractivity contribution in [3.63, 3.8) is 0 Å². The standard InChI is InChI=1S/C13H22N4O/c1-11-3-4-12(16(11)2)13(18)15-7-10-17-8-5-14-6-9-17/h3-4,14H,5-10H2,1-2H3,(H,15,18). The summed E-state index contributed by atoms with van der Waals surface area (Å²) in [6.07, 6.45) is 0. The molecule has 0 unspecified atom stereocenters. The molecule has 0 spiro atoms. The number of aromatic nitrogens is 1. The van der Waals surface area contributed by atoms with E-state index in [1.54, 1.807) is 0 Å². The minimum atomic E-state index is 0.0146. The molecule has 2 N–H and O–H groups in total. The smallest absolute Gasteiger partial charge is 0.267 e. The summed E-state index contributed by atoms with van der Waals surface area (Å²) in [4.78, 5) is 14.3. The predicted octanol–water partition coefficient (Wildman–Crippen LogP) is -0.0315. The van der Waals surface area contributed by atoms with Crippen LogP contribution in [-0.2, 0) is 7.05 Å². The van der Waals surface area contributed by atoms with Gasteiger partial charge in [0, 0.05) is 52.0 Å². The van der Waals surface area contributed by atoms with Gasteiger partial charge in [0.1, 0.15) is 5.69 Å². The van der Waals surface area contributed by atoms with Crippen molar-refractivity contribution in [3.8, 4) is 0 Å². The first kappa shape index (κ1) is 13.1. The minimum Gasteiger partial charge on any atom is -0.349 e. The molecule has 1 saturated heterocycles. The maximum atomic E-state index is 12.0. The second kappa shape index (κ2) is 6.02. The van der Waals surface area contributed by atoms with Crippen LogP contribution in [0.2, 0.25) is 0 Å². The number of hydrogen-bond acceptors (Lipinski definition) is 3. The second-order valence-electron chi connectivity index (χ2n) is 4.77. The molecule has 0 atom stereocenters. The summed E-state index contributed by atoms with van der Waals surface area (Å²) in [6.45, 7) is 7.87. The van der Waals surface area contributed by atoms with Crippen molar-refractivity contribution < 1.29 is 4.79 Å². The lowest BCUT2D eigenvalue weighted by Crippen LogP contribution is -2.46. The summed E-state index contributed by atoms with van der Waals surface area (Å²) in [5.41, 5.74) is 1.83. The van der Waals surface area contributed by atoms with Gasteiger partial charge in [0.2, 0.25) is 0 Å². The van der Waals surface area contributed by atoms with E-state index in [9.17, 15) is 4.79 Å². The molecule has 0 aliphatic carbocycles. The molecule has 5 heteroatoms. The normalized spacial score (nSPS) is 16.8. The van der Waals surface area contributed by atoms with Gasteiger partial charge in [0.15, 0.2) is 0 Å². The molecule has 18 heavy (non-hydrogen) atoms. The number of hydrogen-bond donors (Lipinski definition) is 2. The Labute approximate surface area is 108 Å². The van der Waals surface area contributed by atoms with Crippen LogP contribution in [0.3, 0.4) is 0 Å². The molecule has 5 nitrogen and oxygen atoms in total. The van der Waals surface area contributed by atoms with Crippen molar-refractivity contribution in [2.45, 2.75) is 6.92 Å². The van der Waals surface area contributed by atoms with Crippen molar-refractivity contribution >= 4 is 5.91 Å². The molecule has 1 amide bonds. The fraction of sp³-hybridized carbons (Fsp3) is 0.615. The van der Waals surface area contributed by atoms with Crippen molar-refractivity contribution in [2.24, 2.45) is 7.05 Å². The van der Waals surface area contributed by atoms with Gasteiger partial charge in [-0.1, -0.05) is 0 Å². The molecule has 2 rings (SSSR count). The first-order valence-corrected chi connectivity index (χ1v) is 6.52. The molecule has 1 fully saturated rings. The van der Waals surface area contributed by atoms with E-state index in [1.165, 1.54) is 0 Å². The van der Waals surface area contributed by atoms with Crippen LogP contribution in [0, 0.1) is 6.92 Å². The lowest BCUT2D eigenvalue weighted by atomic mass is 10.3.